The fourth-order valence-electron chi connectivity index (χ4n) is 2.66. The van der Waals surface area contributed by atoms with E-state index in [2.05, 4.69) is 20.8 Å². The highest BCUT2D eigenvalue weighted by Crippen LogP contribution is 2.26. The van der Waals surface area contributed by atoms with Gasteiger partial charge in [0, 0.05) is 24.2 Å². The fourth-order valence-corrected chi connectivity index (χ4v) is 2.66. The number of rotatable bonds is 8. The third-order valence-corrected chi connectivity index (χ3v) is 4.27. The Kier molecular flexibility index (Phi) is 5.21. The molecule has 0 atom stereocenters. The molecule has 27 heavy (non-hydrogen) atoms. The van der Waals surface area contributed by atoms with Crippen molar-refractivity contribution in [3.63, 3.8) is 0 Å². The summed E-state index contributed by atoms with van der Waals surface area (Å²) in [5.41, 5.74) is 7.01. The smallest absolute Gasteiger partial charge is 0.293 e. The van der Waals surface area contributed by atoms with E-state index in [9.17, 15) is 14.9 Å². The highest BCUT2D eigenvalue weighted by molar-refractivity contribution is 5.96. The van der Waals surface area contributed by atoms with Gasteiger partial charge in [0.2, 0.25) is 0 Å². The van der Waals surface area contributed by atoms with Crippen molar-refractivity contribution >= 4 is 23.1 Å². The maximum atomic E-state index is 12.1. The van der Waals surface area contributed by atoms with Gasteiger partial charge in [0.25, 0.3) is 11.6 Å². The quantitative estimate of drug-likeness (QED) is 0.312. The average molecular weight is 369 g/mol. The lowest BCUT2D eigenvalue weighted by molar-refractivity contribution is -0.384. The van der Waals surface area contributed by atoms with E-state index in [1.807, 2.05) is 6.07 Å². The predicted molar refractivity (Wildman–Crippen MR) is 98.1 cm³/mol. The second kappa shape index (κ2) is 7.74. The molecule has 0 radical (unpaired) electrons. The van der Waals surface area contributed by atoms with Gasteiger partial charge in [-0.15, -0.1) is 0 Å². The molecule has 1 aromatic heterocycles. The van der Waals surface area contributed by atoms with Crippen molar-refractivity contribution in [1.29, 1.82) is 5.26 Å². The number of benzene rings is 1. The Labute approximate surface area is 154 Å². The van der Waals surface area contributed by atoms with Gasteiger partial charge in [-0.25, -0.2) is 0 Å². The number of H-pyrrole nitrogens is 1. The van der Waals surface area contributed by atoms with Crippen LogP contribution in [0.1, 0.15) is 40.9 Å². The molecule has 0 aliphatic heterocycles. The van der Waals surface area contributed by atoms with Gasteiger partial charge in [0.1, 0.15) is 17.3 Å². The number of carbonyl (C=O) groups is 1. The first-order valence-electron chi connectivity index (χ1n) is 8.55. The predicted octanol–water partition coefficient (Wildman–Crippen LogP) is 1.71. The molecule has 1 aliphatic rings. The Bertz CT molecular complexity index is 912. The summed E-state index contributed by atoms with van der Waals surface area (Å²) in [7, 11) is 0. The molecule has 1 amide bonds. The van der Waals surface area contributed by atoms with Crippen molar-refractivity contribution < 1.29 is 9.72 Å². The number of nitrogen functional groups attached to an aromatic ring is 1. The van der Waals surface area contributed by atoms with Crippen LogP contribution in [-0.4, -0.2) is 33.6 Å². The van der Waals surface area contributed by atoms with E-state index >= 15 is 0 Å². The number of aromatic amines is 1. The number of carbonyl (C=O) groups excluding carboxylic acids is 1. The van der Waals surface area contributed by atoms with Crippen molar-refractivity contribution in [2.75, 3.05) is 17.6 Å². The standard InChI is InChI=1S/C17H19N7O3/c18-9-12-13(22-23-16(12)19)2-1-7-20-14-6-3-10(8-15(14)24(26)27)17(25)21-11-4-5-11/h3,6,8,11,20H,1-2,4-5,7H2,(H,21,25)(H3,19,22,23). The summed E-state index contributed by atoms with van der Waals surface area (Å²) in [5.74, 6) is -0.135. The van der Waals surface area contributed by atoms with Crippen molar-refractivity contribution in [3.8, 4) is 6.07 Å². The van der Waals surface area contributed by atoms with Gasteiger partial charge in [0.15, 0.2) is 5.82 Å². The summed E-state index contributed by atoms with van der Waals surface area (Å²) >= 11 is 0. The van der Waals surface area contributed by atoms with Crippen molar-refractivity contribution in [2.24, 2.45) is 0 Å². The van der Waals surface area contributed by atoms with Crippen LogP contribution in [0.2, 0.25) is 0 Å². The van der Waals surface area contributed by atoms with Gasteiger partial charge in [-0.2, -0.15) is 10.4 Å². The Balaban J connectivity index is 1.61. The average Bonchev–Trinajstić information content (AvgIpc) is 3.39. The zero-order valence-corrected chi connectivity index (χ0v) is 14.5. The molecular weight excluding hydrogens is 350 g/mol. The number of aryl methyl sites for hydroxylation is 1. The molecule has 0 saturated heterocycles. The van der Waals surface area contributed by atoms with E-state index < -0.39 is 4.92 Å². The topological polar surface area (TPSA) is 163 Å². The maximum Gasteiger partial charge on any atom is 0.293 e. The molecule has 1 fully saturated rings. The SMILES string of the molecule is N#Cc1c(N)n[nH]c1CCCNc1ccc(C(=O)NC2CC2)cc1[N+](=O)[O-]. The van der Waals surface area contributed by atoms with Gasteiger partial charge < -0.3 is 16.4 Å². The number of anilines is 2. The zero-order valence-electron chi connectivity index (χ0n) is 14.5. The van der Waals surface area contributed by atoms with Crippen LogP contribution in [-0.2, 0) is 6.42 Å². The fraction of sp³-hybridized carbons (Fsp3) is 0.353. The molecule has 5 N–H and O–H groups in total. The third kappa shape index (κ3) is 4.33. The number of hydrogen-bond acceptors (Lipinski definition) is 7. The number of nitrogens with zero attached hydrogens (tertiary/aromatic N) is 3. The molecule has 140 valence electrons. The van der Waals surface area contributed by atoms with E-state index in [0.717, 1.165) is 12.8 Å². The summed E-state index contributed by atoms with van der Waals surface area (Å²) in [5, 5.41) is 32.7. The third-order valence-electron chi connectivity index (χ3n) is 4.27. The van der Waals surface area contributed by atoms with Gasteiger partial charge in [-0.1, -0.05) is 0 Å². The Morgan fingerprint density at radius 3 is 2.93 bits per heavy atom. The zero-order chi connectivity index (χ0) is 19.4. The second-order valence-electron chi connectivity index (χ2n) is 6.34. The number of aromatic nitrogens is 2. The molecule has 2 aromatic rings. The van der Waals surface area contributed by atoms with Crippen molar-refractivity contribution in [1.82, 2.24) is 15.5 Å². The molecule has 10 heteroatoms. The van der Waals surface area contributed by atoms with E-state index in [0.29, 0.717) is 36.3 Å². The molecule has 1 heterocycles. The van der Waals surface area contributed by atoms with Crippen LogP contribution in [0.25, 0.3) is 0 Å². The first kappa shape index (κ1) is 18.2. The Hall–Kier alpha value is -3.61. The highest BCUT2D eigenvalue weighted by Gasteiger charge is 2.25. The van der Waals surface area contributed by atoms with Crippen LogP contribution in [0.3, 0.4) is 0 Å². The van der Waals surface area contributed by atoms with E-state index in [1.54, 1.807) is 6.07 Å². The van der Waals surface area contributed by atoms with Crippen LogP contribution in [0.5, 0.6) is 0 Å². The van der Waals surface area contributed by atoms with Crippen molar-refractivity contribution in [3.05, 3.63) is 45.1 Å². The lowest BCUT2D eigenvalue weighted by atomic mass is 10.1. The summed E-state index contributed by atoms with van der Waals surface area (Å²) in [6.07, 6.45) is 3.03. The summed E-state index contributed by atoms with van der Waals surface area (Å²) in [6.45, 7) is 0.443. The Morgan fingerprint density at radius 1 is 1.48 bits per heavy atom. The minimum atomic E-state index is -0.514. The normalized spacial score (nSPS) is 13.0. The minimum Gasteiger partial charge on any atom is -0.381 e. The number of nitro benzene ring substituents is 1. The van der Waals surface area contributed by atoms with E-state index in [1.165, 1.54) is 12.1 Å². The van der Waals surface area contributed by atoms with Crippen LogP contribution < -0.4 is 16.4 Å². The Morgan fingerprint density at radius 2 is 2.26 bits per heavy atom. The molecule has 3 rings (SSSR count). The van der Waals surface area contributed by atoms with Crippen LogP contribution in [0.15, 0.2) is 18.2 Å². The van der Waals surface area contributed by atoms with E-state index in [4.69, 9.17) is 11.0 Å². The molecular formula is C17H19N7O3. The number of nitrogens with one attached hydrogen (secondary N) is 3. The van der Waals surface area contributed by atoms with Crippen LogP contribution in [0.4, 0.5) is 17.2 Å². The summed E-state index contributed by atoms with van der Waals surface area (Å²) in [4.78, 5) is 22.9. The highest BCUT2D eigenvalue weighted by atomic mass is 16.6. The van der Waals surface area contributed by atoms with Gasteiger partial charge in [0.05, 0.1) is 10.6 Å². The number of amides is 1. The summed E-state index contributed by atoms with van der Waals surface area (Å²) < 4.78 is 0. The largest absolute Gasteiger partial charge is 0.381 e. The first-order valence-corrected chi connectivity index (χ1v) is 8.55. The number of nitriles is 1. The molecule has 10 nitrogen and oxygen atoms in total. The summed E-state index contributed by atoms with van der Waals surface area (Å²) in [6, 6.07) is 6.56. The number of nitro groups is 1. The molecule has 0 bridgehead atoms. The minimum absolute atomic E-state index is 0.151. The van der Waals surface area contributed by atoms with Crippen molar-refractivity contribution in [2.45, 2.75) is 31.7 Å². The number of hydrogen-bond donors (Lipinski definition) is 4. The van der Waals surface area contributed by atoms with Crippen LogP contribution in [0, 0.1) is 21.4 Å². The molecule has 1 aromatic carbocycles. The number of nitrogens with two attached hydrogens (primary N) is 1. The maximum absolute atomic E-state index is 12.1. The lowest BCUT2D eigenvalue weighted by Gasteiger charge is -2.09. The van der Waals surface area contributed by atoms with Gasteiger partial charge in [-0.3, -0.25) is 20.0 Å². The molecule has 1 aliphatic carbocycles. The molecule has 0 spiro atoms. The monoisotopic (exact) mass is 369 g/mol. The molecule has 0 unspecified atom stereocenters. The van der Waals surface area contributed by atoms with Gasteiger partial charge >= 0.3 is 0 Å². The van der Waals surface area contributed by atoms with Crippen LogP contribution >= 0.6 is 0 Å². The lowest BCUT2D eigenvalue weighted by Crippen LogP contribution is -2.25. The second-order valence-corrected chi connectivity index (χ2v) is 6.34. The molecule has 1 saturated carbocycles. The van der Waals surface area contributed by atoms with E-state index in [-0.39, 0.29) is 29.0 Å². The first-order chi connectivity index (χ1) is 13.0. The van der Waals surface area contributed by atoms with Gasteiger partial charge in [-0.05, 0) is 37.8 Å².